The smallest absolute Gasteiger partial charge is 0.312 e. The minimum Gasteiger partial charge on any atom is -0.481 e. The molecule has 0 spiro atoms. The van der Waals surface area contributed by atoms with Gasteiger partial charge < -0.3 is 10.0 Å². The third kappa shape index (κ3) is 2.30. The molecule has 1 aliphatic heterocycles. The summed E-state index contributed by atoms with van der Waals surface area (Å²) in [5.41, 5.74) is -0.398. The molecule has 0 bridgehead atoms. The molecule has 3 nitrogen and oxygen atoms in total. The highest BCUT2D eigenvalue weighted by atomic mass is 19.1. The second kappa shape index (κ2) is 4.92. The summed E-state index contributed by atoms with van der Waals surface area (Å²) >= 11 is 0. The van der Waals surface area contributed by atoms with E-state index >= 15 is 0 Å². The molecule has 1 saturated heterocycles. The SMILES string of the molecule is O=C(O)C1(CF)CCN(c2ccc(F)cc2)CC1. The maximum Gasteiger partial charge on any atom is 0.312 e. The van der Waals surface area contributed by atoms with Gasteiger partial charge in [-0.25, -0.2) is 8.78 Å². The summed E-state index contributed by atoms with van der Waals surface area (Å²) in [7, 11) is 0. The van der Waals surface area contributed by atoms with E-state index < -0.39 is 18.1 Å². The monoisotopic (exact) mass is 255 g/mol. The molecular weight excluding hydrogens is 240 g/mol. The lowest BCUT2D eigenvalue weighted by molar-refractivity contribution is -0.151. The molecule has 0 unspecified atom stereocenters. The van der Waals surface area contributed by atoms with E-state index in [4.69, 9.17) is 5.11 Å². The third-order valence-corrected chi connectivity index (χ3v) is 3.62. The molecule has 5 heteroatoms. The summed E-state index contributed by atoms with van der Waals surface area (Å²) in [6.07, 6.45) is 0.548. The van der Waals surface area contributed by atoms with Crippen LogP contribution in [0.3, 0.4) is 0 Å². The van der Waals surface area contributed by atoms with Crippen molar-refractivity contribution >= 4 is 11.7 Å². The average molecular weight is 255 g/mol. The molecule has 0 saturated carbocycles. The van der Waals surface area contributed by atoms with Gasteiger partial charge in [-0.2, -0.15) is 0 Å². The summed E-state index contributed by atoms with van der Waals surface area (Å²) in [5.74, 6) is -1.37. The fraction of sp³-hybridized carbons (Fsp3) is 0.462. The minimum atomic E-state index is -1.24. The van der Waals surface area contributed by atoms with E-state index in [2.05, 4.69) is 0 Å². The topological polar surface area (TPSA) is 40.5 Å². The maximum absolute atomic E-state index is 12.9. The van der Waals surface area contributed by atoms with Crippen LogP contribution in [0.5, 0.6) is 0 Å². The van der Waals surface area contributed by atoms with E-state index in [1.165, 1.54) is 12.1 Å². The number of hydrogen-bond donors (Lipinski definition) is 1. The van der Waals surface area contributed by atoms with Crippen LogP contribution in [0.2, 0.25) is 0 Å². The van der Waals surface area contributed by atoms with Gasteiger partial charge in [0.1, 0.15) is 12.5 Å². The van der Waals surface area contributed by atoms with Crippen molar-refractivity contribution in [1.82, 2.24) is 0 Å². The lowest BCUT2D eigenvalue weighted by Crippen LogP contribution is -2.45. The lowest BCUT2D eigenvalue weighted by Gasteiger charge is -2.38. The van der Waals surface area contributed by atoms with Gasteiger partial charge >= 0.3 is 5.97 Å². The van der Waals surface area contributed by atoms with Crippen LogP contribution in [0.15, 0.2) is 24.3 Å². The number of piperidine rings is 1. The predicted octanol–water partition coefficient (Wildman–Crippen LogP) is 2.47. The van der Waals surface area contributed by atoms with Gasteiger partial charge in [0, 0.05) is 18.8 Å². The van der Waals surface area contributed by atoms with Gasteiger partial charge in [-0.1, -0.05) is 0 Å². The molecule has 1 N–H and O–H groups in total. The maximum atomic E-state index is 12.9. The number of benzene rings is 1. The Hall–Kier alpha value is -1.65. The van der Waals surface area contributed by atoms with Gasteiger partial charge in [0.05, 0.1) is 5.41 Å². The first kappa shape index (κ1) is 12.8. The fourth-order valence-electron chi connectivity index (χ4n) is 2.25. The second-order valence-electron chi connectivity index (χ2n) is 4.68. The van der Waals surface area contributed by atoms with Crippen LogP contribution in [0, 0.1) is 11.2 Å². The van der Waals surface area contributed by atoms with Gasteiger partial charge in [-0.05, 0) is 37.1 Å². The highest BCUT2D eigenvalue weighted by Crippen LogP contribution is 2.34. The highest BCUT2D eigenvalue weighted by Gasteiger charge is 2.41. The Labute approximate surface area is 104 Å². The Morgan fingerprint density at radius 3 is 2.28 bits per heavy atom. The van der Waals surface area contributed by atoms with Crippen LogP contribution >= 0.6 is 0 Å². The number of carboxylic acids is 1. The van der Waals surface area contributed by atoms with Crippen molar-refractivity contribution in [1.29, 1.82) is 0 Å². The molecule has 1 heterocycles. The summed E-state index contributed by atoms with van der Waals surface area (Å²) in [5, 5.41) is 9.07. The molecule has 2 rings (SSSR count). The van der Waals surface area contributed by atoms with Crippen LogP contribution in [0.4, 0.5) is 14.5 Å². The molecule has 0 amide bonds. The zero-order valence-corrected chi connectivity index (χ0v) is 9.90. The number of nitrogens with zero attached hydrogens (tertiary/aromatic N) is 1. The Morgan fingerprint density at radius 2 is 1.83 bits per heavy atom. The van der Waals surface area contributed by atoms with Crippen molar-refractivity contribution in [2.45, 2.75) is 12.8 Å². The number of halogens is 2. The zero-order chi connectivity index (χ0) is 13.2. The summed E-state index contributed by atoms with van der Waals surface area (Å²) in [6.45, 7) is 0.114. The molecule has 1 aliphatic rings. The van der Waals surface area contributed by atoms with Gasteiger partial charge in [0.15, 0.2) is 0 Å². The largest absolute Gasteiger partial charge is 0.481 e. The molecule has 0 radical (unpaired) electrons. The Morgan fingerprint density at radius 1 is 1.28 bits per heavy atom. The number of rotatable bonds is 3. The number of carboxylic acid groups (broad SMARTS) is 1. The number of aliphatic carboxylic acids is 1. The standard InChI is InChI=1S/C13H15F2NO2/c14-9-13(12(17)18)5-7-16(8-6-13)11-3-1-10(15)2-4-11/h1-4H,5-9H2,(H,17,18). The number of anilines is 1. The summed E-state index contributed by atoms with van der Waals surface area (Å²) in [4.78, 5) is 13.0. The first-order chi connectivity index (χ1) is 8.57. The van der Waals surface area contributed by atoms with E-state index in [1.807, 2.05) is 4.90 Å². The van der Waals surface area contributed by atoms with E-state index in [0.717, 1.165) is 5.69 Å². The molecule has 98 valence electrons. The van der Waals surface area contributed by atoms with Crippen molar-refractivity contribution in [2.75, 3.05) is 24.7 Å². The number of alkyl halides is 1. The van der Waals surface area contributed by atoms with Crippen LogP contribution in [0.25, 0.3) is 0 Å². The average Bonchev–Trinajstić information content (AvgIpc) is 2.39. The highest BCUT2D eigenvalue weighted by molar-refractivity contribution is 5.75. The van der Waals surface area contributed by atoms with Gasteiger partial charge in [-0.3, -0.25) is 4.79 Å². The van der Waals surface area contributed by atoms with Gasteiger partial charge in [-0.15, -0.1) is 0 Å². The Balaban J connectivity index is 2.06. The summed E-state index contributed by atoms with van der Waals surface area (Å²) in [6, 6.07) is 6.03. The molecule has 1 aromatic carbocycles. The van der Waals surface area contributed by atoms with Crippen molar-refractivity contribution in [3.8, 4) is 0 Å². The van der Waals surface area contributed by atoms with Crippen molar-refractivity contribution < 1.29 is 18.7 Å². The lowest BCUT2D eigenvalue weighted by atomic mass is 9.79. The fourth-order valence-corrected chi connectivity index (χ4v) is 2.25. The van der Waals surface area contributed by atoms with Gasteiger partial charge in [0.2, 0.25) is 0 Å². The first-order valence-corrected chi connectivity index (χ1v) is 5.87. The molecular formula is C13H15F2NO2. The minimum absolute atomic E-state index is 0.274. The normalized spacial score (nSPS) is 18.7. The van der Waals surface area contributed by atoms with E-state index in [9.17, 15) is 13.6 Å². The quantitative estimate of drug-likeness (QED) is 0.902. The zero-order valence-electron chi connectivity index (χ0n) is 9.90. The third-order valence-electron chi connectivity index (χ3n) is 3.62. The molecule has 1 fully saturated rings. The van der Waals surface area contributed by atoms with E-state index in [1.54, 1.807) is 12.1 Å². The molecule has 0 atom stereocenters. The van der Waals surface area contributed by atoms with Crippen LogP contribution in [-0.2, 0) is 4.79 Å². The van der Waals surface area contributed by atoms with Crippen molar-refractivity contribution in [3.63, 3.8) is 0 Å². The van der Waals surface area contributed by atoms with E-state index in [-0.39, 0.29) is 18.7 Å². The first-order valence-electron chi connectivity index (χ1n) is 5.87. The molecule has 0 aromatic heterocycles. The Bertz CT molecular complexity index is 425. The van der Waals surface area contributed by atoms with Crippen molar-refractivity contribution in [2.24, 2.45) is 5.41 Å². The van der Waals surface area contributed by atoms with Crippen LogP contribution in [0.1, 0.15) is 12.8 Å². The predicted molar refractivity (Wildman–Crippen MR) is 63.9 cm³/mol. The van der Waals surface area contributed by atoms with Crippen molar-refractivity contribution in [3.05, 3.63) is 30.1 Å². The van der Waals surface area contributed by atoms with Crippen LogP contribution < -0.4 is 4.90 Å². The van der Waals surface area contributed by atoms with Crippen LogP contribution in [-0.4, -0.2) is 30.8 Å². The summed E-state index contributed by atoms with van der Waals surface area (Å²) < 4.78 is 25.7. The molecule has 1 aromatic rings. The van der Waals surface area contributed by atoms with Gasteiger partial charge in [0.25, 0.3) is 0 Å². The Kier molecular flexibility index (Phi) is 3.50. The second-order valence-corrected chi connectivity index (χ2v) is 4.68. The molecule has 18 heavy (non-hydrogen) atoms. The number of hydrogen-bond acceptors (Lipinski definition) is 2. The van der Waals surface area contributed by atoms with E-state index in [0.29, 0.717) is 13.1 Å². The number of carbonyl (C=O) groups is 1. The molecule has 0 aliphatic carbocycles.